The molecule has 0 aromatic heterocycles. The topological polar surface area (TPSA) is 26.3 Å². The van der Waals surface area contributed by atoms with Gasteiger partial charge in [0.2, 0.25) is 0 Å². The van der Waals surface area contributed by atoms with Crippen LogP contribution in [0.5, 0.6) is 5.75 Å². The number of benzene rings is 2. The zero-order valence-corrected chi connectivity index (χ0v) is 14.4. The highest BCUT2D eigenvalue weighted by molar-refractivity contribution is 5.78. The molecular weight excluding hydrogens is 284 g/mol. The largest absolute Gasteiger partial charge is 0.489 e. The van der Waals surface area contributed by atoms with Gasteiger partial charge in [-0.25, -0.2) is 0 Å². The van der Waals surface area contributed by atoms with Gasteiger partial charge in [-0.1, -0.05) is 50.2 Å². The summed E-state index contributed by atoms with van der Waals surface area (Å²) < 4.78 is 6.01. The normalized spacial score (nSPS) is 10.6. The minimum absolute atomic E-state index is 0.312. The summed E-state index contributed by atoms with van der Waals surface area (Å²) in [6.07, 6.45) is 3.05. The second-order valence-corrected chi connectivity index (χ2v) is 5.90. The lowest BCUT2D eigenvalue weighted by atomic mass is 10.0. The summed E-state index contributed by atoms with van der Waals surface area (Å²) in [6.45, 7) is 6.70. The van der Waals surface area contributed by atoms with Crippen molar-refractivity contribution in [3.05, 3.63) is 64.7 Å². The zero-order valence-electron chi connectivity index (χ0n) is 14.4. The van der Waals surface area contributed by atoms with Gasteiger partial charge in [-0.3, -0.25) is 4.79 Å². The van der Waals surface area contributed by atoms with Crippen LogP contribution in [-0.4, -0.2) is 5.78 Å². The second-order valence-electron chi connectivity index (χ2n) is 5.90. The molecular formula is C21H26O2. The van der Waals surface area contributed by atoms with E-state index in [0.29, 0.717) is 25.2 Å². The van der Waals surface area contributed by atoms with Gasteiger partial charge in [0.25, 0.3) is 0 Å². The van der Waals surface area contributed by atoms with E-state index in [-0.39, 0.29) is 0 Å². The van der Waals surface area contributed by atoms with Gasteiger partial charge in [0.1, 0.15) is 18.1 Å². The molecule has 2 nitrogen and oxygen atoms in total. The molecule has 0 saturated heterocycles. The highest BCUT2D eigenvalue weighted by atomic mass is 16.5. The Morgan fingerprint density at radius 3 is 2.43 bits per heavy atom. The predicted octanol–water partition coefficient (Wildman–Crippen LogP) is 5.05. The monoisotopic (exact) mass is 310 g/mol. The number of ketones is 1. The van der Waals surface area contributed by atoms with Crippen molar-refractivity contribution in [3.8, 4) is 5.75 Å². The molecule has 0 bridgehead atoms. The standard InChI is InChI=1S/C21H26O2/c1-4-17-10-13-21(16(3)14-17)23-15-19-9-7-6-8-18(19)11-12-20(22)5-2/h6-10,13-14H,4-5,11-12,15H2,1-3H3. The van der Waals surface area contributed by atoms with Crippen LogP contribution >= 0.6 is 0 Å². The Labute approximate surface area is 139 Å². The Morgan fingerprint density at radius 2 is 1.78 bits per heavy atom. The fourth-order valence-electron chi connectivity index (χ4n) is 2.64. The molecule has 0 unspecified atom stereocenters. The average molecular weight is 310 g/mol. The van der Waals surface area contributed by atoms with Crippen molar-refractivity contribution in [2.24, 2.45) is 0 Å². The van der Waals surface area contributed by atoms with E-state index in [1.54, 1.807) is 0 Å². The Bertz CT molecular complexity index is 659. The number of hydrogen-bond acceptors (Lipinski definition) is 2. The van der Waals surface area contributed by atoms with Crippen LogP contribution in [-0.2, 0) is 24.2 Å². The third kappa shape index (κ3) is 4.95. The number of carbonyl (C=O) groups excluding carboxylic acids is 1. The highest BCUT2D eigenvalue weighted by Crippen LogP contribution is 2.22. The number of hydrogen-bond donors (Lipinski definition) is 0. The van der Waals surface area contributed by atoms with Crippen LogP contribution in [0.3, 0.4) is 0 Å². The van der Waals surface area contributed by atoms with Crippen molar-refractivity contribution < 1.29 is 9.53 Å². The summed E-state index contributed by atoms with van der Waals surface area (Å²) in [7, 11) is 0. The first kappa shape index (κ1) is 17.3. The number of ether oxygens (including phenoxy) is 1. The molecule has 0 spiro atoms. The molecule has 0 atom stereocenters. The lowest BCUT2D eigenvalue weighted by Gasteiger charge is -2.13. The van der Waals surface area contributed by atoms with Crippen molar-refractivity contribution in [1.29, 1.82) is 0 Å². The second kappa shape index (κ2) is 8.52. The van der Waals surface area contributed by atoms with Gasteiger partial charge in [-0.05, 0) is 48.1 Å². The van der Waals surface area contributed by atoms with Crippen molar-refractivity contribution >= 4 is 5.78 Å². The van der Waals surface area contributed by atoms with Crippen LogP contribution in [0.25, 0.3) is 0 Å². The maximum absolute atomic E-state index is 11.5. The van der Waals surface area contributed by atoms with Gasteiger partial charge in [0, 0.05) is 12.8 Å². The Hall–Kier alpha value is -2.09. The van der Waals surface area contributed by atoms with Crippen LogP contribution < -0.4 is 4.74 Å². The van der Waals surface area contributed by atoms with Crippen LogP contribution in [0.4, 0.5) is 0 Å². The van der Waals surface area contributed by atoms with E-state index in [2.05, 4.69) is 44.2 Å². The number of rotatable bonds is 8. The molecule has 0 aliphatic carbocycles. The number of Topliss-reactive ketones (excluding diaryl/α,β-unsaturated/α-hetero) is 1. The minimum Gasteiger partial charge on any atom is -0.489 e. The van der Waals surface area contributed by atoms with Crippen LogP contribution in [0.15, 0.2) is 42.5 Å². The SMILES string of the molecule is CCC(=O)CCc1ccccc1COc1ccc(CC)cc1C. The Balaban J connectivity index is 2.04. The summed E-state index contributed by atoms with van der Waals surface area (Å²) in [5, 5.41) is 0. The summed E-state index contributed by atoms with van der Waals surface area (Å²) in [6, 6.07) is 14.6. The maximum atomic E-state index is 11.5. The first-order valence-corrected chi connectivity index (χ1v) is 8.44. The Kier molecular flexibility index (Phi) is 6.40. The number of aryl methyl sites for hydroxylation is 3. The van der Waals surface area contributed by atoms with Gasteiger partial charge < -0.3 is 4.74 Å². The van der Waals surface area contributed by atoms with E-state index >= 15 is 0 Å². The summed E-state index contributed by atoms with van der Waals surface area (Å²) in [5.74, 6) is 1.24. The van der Waals surface area contributed by atoms with E-state index in [0.717, 1.165) is 24.2 Å². The highest BCUT2D eigenvalue weighted by Gasteiger charge is 2.07. The molecule has 2 heteroatoms. The van der Waals surface area contributed by atoms with Gasteiger partial charge >= 0.3 is 0 Å². The first-order chi connectivity index (χ1) is 11.1. The number of carbonyl (C=O) groups is 1. The molecule has 23 heavy (non-hydrogen) atoms. The van der Waals surface area contributed by atoms with Crippen molar-refractivity contribution in [2.75, 3.05) is 0 Å². The molecule has 0 radical (unpaired) electrons. The fourth-order valence-corrected chi connectivity index (χ4v) is 2.64. The molecule has 0 amide bonds. The zero-order chi connectivity index (χ0) is 16.7. The molecule has 122 valence electrons. The van der Waals surface area contributed by atoms with E-state index in [1.165, 1.54) is 16.7 Å². The van der Waals surface area contributed by atoms with Crippen LogP contribution in [0.2, 0.25) is 0 Å². The van der Waals surface area contributed by atoms with Crippen LogP contribution in [0, 0.1) is 6.92 Å². The molecule has 2 aromatic carbocycles. The molecule has 0 aliphatic heterocycles. The third-order valence-corrected chi connectivity index (χ3v) is 4.22. The third-order valence-electron chi connectivity index (χ3n) is 4.22. The molecule has 0 aliphatic rings. The summed E-state index contributed by atoms with van der Waals surface area (Å²) in [4.78, 5) is 11.5. The van der Waals surface area contributed by atoms with E-state index < -0.39 is 0 Å². The van der Waals surface area contributed by atoms with E-state index in [4.69, 9.17) is 4.74 Å². The van der Waals surface area contributed by atoms with E-state index in [1.807, 2.05) is 19.1 Å². The quantitative estimate of drug-likeness (QED) is 0.682. The predicted molar refractivity (Wildman–Crippen MR) is 95.0 cm³/mol. The molecule has 0 fully saturated rings. The fraction of sp³-hybridized carbons (Fsp3) is 0.381. The molecule has 2 rings (SSSR count). The minimum atomic E-state index is 0.312. The Morgan fingerprint density at radius 1 is 1.04 bits per heavy atom. The maximum Gasteiger partial charge on any atom is 0.132 e. The lowest BCUT2D eigenvalue weighted by Crippen LogP contribution is -2.04. The molecule has 0 saturated carbocycles. The molecule has 0 heterocycles. The van der Waals surface area contributed by atoms with Crippen molar-refractivity contribution in [1.82, 2.24) is 0 Å². The molecule has 0 N–H and O–H groups in total. The van der Waals surface area contributed by atoms with Gasteiger partial charge in [-0.2, -0.15) is 0 Å². The van der Waals surface area contributed by atoms with Crippen LogP contribution in [0.1, 0.15) is 48.9 Å². The van der Waals surface area contributed by atoms with Crippen molar-refractivity contribution in [3.63, 3.8) is 0 Å². The van der Waals surface area contributed by atoms with E-state index in [9.17, 15) is 4.79 Å². The summed E-state index contributed by atoms with van der Waals surface area (Å²) >= 11 is 0. The van der Waals surface area contributed by atoms with Gasteiger partial charge in [0.15, 0.2) is 0 Å². The van der Waals surface area contributed by atoms with Crippen molar-refractivity contribution in [2.45, 2.75) is 53.1 Å². The average Bonchev–Trinajstić information content (AvgIpc) is 2.59. The molecule has 2 aromatic rings. The lowest BCUT2D eigenvalue weighted by molar-refractivity contribution is -0.118. The van der Waals surface area contributed by atoms with Gasteiger partial charge in [0.05, 0.1) is 0 Å². The first-order valence-electron chi connectivity index (χ1n) is 8.44. The summed E-state index contributed by atoms with van der Waals surface area (Å²) in [5.41, 5.74) is 4.86. The smallest absolute Gasteiger partial charge is 0.132 e. The van der Waals surface area contributed by atoms with Gasteiger partial charge in [-0.15, -0.1) is 0 Å².